The van der Waals surface area contributed by atoms with Gasteiger partial charge in [-0.15, -0.1) is 0 Å². The molecule has 0 aliphatic heterocycles. The third kappa shape index (κ3) is 1.89. The fourth-order valence-corrected chi connectivity index (χ4v) is 1.50. The maximum atomic E-state index is 10.5. The predicted molar refractivity (Wildman–Crippen MR) is 55.5 cm³/mol. The van der Waals surface area contributed by atoms with Crippen LogP contribution < -0.4 is 0 Å². The lowest BCUT2D eigenvalue weighted by Gasteiger charge is -2.01. The van der Waals surface area contributed by atoms with Gasteiger partial charge < -0.3 is 10.2 Å². The van der Waals surface area contributed by atoms with E-state index in [1.165, 1.54) is 12.1 Å². The molecule has 3 nitrogen and oxygen atoms in total. The molecule has 12 heavy (non-hydrogen) atoms. The Kier molecular flexibility index (Phi) is 2.94. The van der Waals surface area contributed by atoms with Crippen molar-refractivity contribution in [2.45, 2.75) is 0 Å². The molecule has 1 rings (SSSR count). The van der Waals surface area contributed by atoms with E-state index in [1.54, 1.807) is 0 Å². The molecule has 2 N–H and O–H groups in total. The summed E-state index contributed by atoms with van der Waals surface area (Å²) in [6, 6.07) is 2.77. The van der Waals surface area contributed by atoms with Crippen LogP contribution in [0.1, 0.15) is 10.4 Å². The quantitative estimate of drug-likeness (QED) is 0.771. The molecule has 1 aromatic rings. The maximum Gasteiger partial charge on any atom is 0.339 e. The molecule has 0 heterocycles. The summed E-state index contributed by atoms with van der Waals surface area (Å²) in [6.07, 6.45) is 0. The fraction of sp³-hybridized carbons (Fsp3) is 0. The number of carboxylic acids is 1. The van der Waals surface area contributed by atoms with E-state index in [-0.39, 0.29) is 11.3 Å². The highest BCUT2D eigenvalue weighted by molar-refractivity contribution is 14.1. The highest BCUT2D eigenvalue weighted by Gasteiger charge is 2.11. The first-order chi connectivity index (χ1) is 5.52. The van der Waals surface area contributed by atoms with Crippen LogP contribution in [0.5, 0.6) is 5.75 Å². The fourth-order valence-electron chi connectivity index (χ4n) is 0.708. The Morgan fingerprint density at radius 2 is 2.08 bits per heavy atom. The molecule has 0 radical (unpaired) electrons. The number of hydrogen-bond acceptors (Lipinski definition) is 2. The number of rotatable bonds is 1. The molecular formula is C7H4BrIO3. The van der Waals surface area contributed by atoms with E-state index < -0.39 is 5.97 Å². The van der Waals surface area contributed by atoms with Gasteiger partial charge in [-0.25, -0.2) is 4.79 Å². The second-order valence-corrected chi connectivity index (χ2v) is 4.11. The minimum atomic E-state index is -1.13. The van der Waals surface area contributed by atoms with Crippen molar-refractivity contribution in [1.29, 1.82) is 0 Å². The van der Waals surface area contributed by atoms with Crippen molar-refractivity contribution in [1.82, 2.24) is 0 Å². The lowest BCUT2D eigenvalue weighted by Crippen LogP contribution is -1.97. The van der Waals surface area contributed by atoms with Gasteiger partial charge in [-0.1, -0.05) is 0 Å². The number of halogens is 2. The third-order valence-electron chi connectivity index (χ3n) is 1.27. The summed E-state index contributed by atoms with van der Waals surface area (Å²) in [7, 11) is 0. The zero-order chi connectivity index (χ0) is 9.30. The topological polar surface area (TPSA) is 57.5 Å². The van der Waals surface area contributed by atoms with Crippen LogP contribution in [0, 0.1) is 3.57 Å². The van der Waals surface area contributed by atoms with E-state index in [4.69, 9.17) is 5.11 Å². The first-order valence-electron chi connectivity index (χ1n) is 2.93. The summed E-state index contributed by atoms with van der Waals surface area (Å²) < 4.78 is 1.44. The van der Waals surface area contributed by atoms with Gasteiger partial charge in [0.15, 0.2) is 0 Å². The summed E-state index contributed by atoms with van der Waals surface area (Å²) in [6.45, 7) is 0. The van der Waals surface area contributed by atoms with E-state index in [0.29, 0.717) is 4.47 Å². The number of carbonyl (C=O) groups is 1. The Balaban J connectivity index is 3.33. The molecule has 0 bridgehead atoms. The number of carboxylic acid groups (broad SMARTS) is 1. The Bertz CT molecular complexity index is 338. The van der Waals surface area contributed by atoms with Crippen LogP contribution >= 0.6 is 38.5 Å². The van der Waals surface area contributed by atoms with Crippen molar-refractivity contribution in [3.05, 3.63) is 25.7 Å². The van der Waals surface area contributed by atoms with E-state index in [0.717, 1.165) is 3.57 Å². The van der Waals surface area contributed by atoms with Crippen molar-refractivity contribution < 1.29 is 15.0 Å². The van der Waals surface area contributed by atoms with Crippen LogP contribution in [0.4, 0.5) is 0 Å². The number of hydrogen-bond donors (Lipinski definition) is 2. The SMILES string of the molecule is O=C(O)c1cc(Br)c(I)cc1O. The van der Waals surface area contributed by atoms with Gasteiger partial charge in [-0.05, 0) is 50.7 Å². The van der Waals surface area contributed by atoms with Gasteiger partial charge in [-0.3, -0.25) is 0 Å². The predicted octanol–water partition coefficient (Wildman–Crippen LogP) is 2.46. The first-order valence-corrected chi connectivity index (χ1v) is 4.81. The summed E-state index contributed by atoms with van der Waals surface area (Å²) >= 11 is 5.16. The van der Waals surface area contributed by atoms with Gasteiger partial charge in [0.05, 0.1) is 0 Å². The molecular weight excluding hydrogens is 339 g/mol. The minimum Gasteiger partial charge on any atom is -0.507 e. The lowest BCUT2D eigenvalue weighted by atomic mass is 10.2. The summed E-state index contributed by atoms with van der Waals surface area (Å²) in [5, 5.41) is 17.8. The van der Waals surface area contributed by atoms with Crippen LogP contribution in [0.3, 0.4) is 0 Å². The molecule has 0 aliphatic rings. The summed E-state index contributed by atoms with van der Waals surface area (Å²) in [5.41, 5.74) is -0.0951. The Morgan fingerprint density at radius 3 is 2.58 bits per heavy atom. The Hall–Kier alpha value is -0.300. The molecule has 0 atom stereocenters. The Labute approximate surface area is 90.7 Å². The largest absolute Gasteiger partial charge is 0.507 e. The van der Waals surface area contributed by atoms with Crippen LogP contribution in [0.2, 0.25) is 0 Å². The molecule has 0 amide bonds. The number of aromatic carboxylic acids is 1. The molecule has 0 aromatic heterocycles. The molecule has 0 spiro atoms. The lowest BCUT2D eigenvalue weighted by molar-refractivity contribution is 0.0693. The Morgan fingerprint density at radius 1 is 1.50 bits per heavy atom. The first kappa shape index (κ1) is 9.79. The standard InChI is InChI=1S/C7H4BrIO3/c8-4-1-3(7(11)12)6(10)2-5(4)9/h1-2,10H,(H,11,12). The minimum absolute atomic E-state index is 0.0951. The maximum absolute atomic E-state index is 10.5. The zero-order valence-corrected chi connectivity index (χ0v) is 9.46. The van der Waals surface area contributed by atoms with Crippen LogP contribution in [-0.2, 0) is 0 Å². The highest BCUT2D eigenvalue weighted by Crippen LogP contribution is 2.27. The summed E-state index contributed by atoms with van der Waals surface area (Å²) in [5.74, 6) is -1.35. The van der Waals surface area contributed by atoms with Crippen molar-refractivity contribution in [3.63, 3.8) is 0 Å². The van der Waals surface area contributed by atoms with Crippen molar-refractivity contribution in [2.24, 2.45) is 0 Å². The van der Waals surface area contributed by atoms with Gasteiger partial charge in [-0.2, -0.15) is 0 Å². The van der Waals surface area contributed by atoms with Crippen LogP contribution in [0.25, 0.3) is 0 Å². The monoisotopic (exact) mass is 342 g/mol. The van der Waals surface area contributed by atoms with Crippen molar-refractivity contribution in [2.75, 3.05) is 0 Å². The van der Waals surface area contributed by atoms with E-state index in [9.17, 15) is 9.90 Å². The normalized spacial score (nSPS) is 9.83. The molecule has 0 saturated carbocycles. The van der Waals surface area contributed by atoms with Gasteiger partial charge in [0.2, 0.25) is 0 Å². The average molecular weight is 343 g/mol. The summed E-state index contributed by atoms with van der Waals surface area (Å²) in [4.78, 5) is 10.5. The van der Waals surface area contributed by atoms with Crippen LogP contribution in [-0.4, -0.2) is 16.2 Å². The highest BCUT2D eigenvalue weighted by atomic mass is 127. The number of phenols is 1. The number of benzene rings is 1. The number of aromatic hydroxyl groups is 1. The van der Waals surface area contributed by atoms with Gasteiger partial charge in [0.25, 0.3) is 0 Å². The molecule has 1 aromatic carbocycles. The van der Waals surface area contributed by atoms with E-state index >= 15 is 0 Å². The average Bonchev–Trinajstić information content (AvgIpc) is 1.96. The van der Waals surface area contributed by atoms with Gasteiger partial charge in [0, 0.05) is 8.04 Å². The van der Waals surface area contributed by atoms with E-state index in [1.807, 2.05) is 22.6 Å². The molecule has 5 heteroatoms. The van der Waals surface area contributed by atoms with E-state index in [2.05, 4.69) is 15.9 Å². The molecule has 0 unspecified atom stereocenters. The molecule has 0 aliphatic carbocycles. The van der Waals surface area contributed by atoms with Gasteiger partial charge >= 0.3 is 5.97 Å². The molecule has 0 saturated heterocycles. The molecule has 0 fully saturated rings. The second-order valence-electron chi connectivity index (χ2n) is 2.09. The third-order valence-corrected chi connectivity index (χ3v) is 3.56. The smallest absolute Gasteiger partial charge is 0.339 e. The van der Waals surface area contributed by atoms with Crippen LogP contribution in [0.15, 0.2) is 16.6 Å². The van der Waals surface area contributed by atoms with Crippen molar-refractivity contribution >= 4 is 44.5 Å². The molecule has 64 valence electrons. The second kappa shape index (κ2) is 3.61. The zero-order valence-electron chi connectivity index (χ0n) is 5.71. The van der Waals surface area contributed by atoms with Crippen molar-refractivity contribution in [3.8, 4) is 5.75 Å². The van der Waals surface area contributed by atoms with Gasteiger partial charge in [0.1, 0.15) is 11.3 Å².